The molecule has 0 aliphatic carbocycles. The lowest BCUT2D eigenvalue weighted by Gasteiger charge is -2.28. The zero-order valence-corrected chi connectivity index (χ0v) is 21.6. The summed E-state index contributed by atoms with van der Waals surface area (Å²) in [5, 5.41) is 22.3. The molecule has 0 amide bonds. The minimum absolute atomic E-state index is 0. The second-order valence-corrected chi connectivity index (χ2v) is 8.63. The first-order valence-electron chi connectivity index (χ1n) is 11.1. The molecule has 0 bridgehead atoms. The molecule has 3 aromatic rings. The normalized spacial score (nSPS) is 16.8. The molecule has 178 valence electrons. The first kappa shape index (κ1) is 24.8. The Labute approximate surface area is 219 Å². The number of allylic oxidation sites excluding steroid dienone is 1. The number of nitriles is 1. The number of hydrogen-bond acceptors (Lipinski definition) is 7. The van der Waals surface area contributed by atoms with Gasteiger partial charge in [-0.15, -0.1) is 33.8 Å². The number of nitrogens with zero attached hydrogens (tertiary/aromatic N) is 6. The summed E-state index contributed by atoms with van der Waals surface area (Å²) >= 11 is 1.53. The van der Waals surface area contributed by atoms with E-state index in [0.717, 1.165) is 35.1 Å². The summed E-state index contributed by atoms with van der Waals surface area (Å²) in [6.45, 7) is 7.23. The molecule has 0 saturated carbocycles. The van der Waals surface area contributed by atoms with Crippen LogP contribution in [-0.4, -0.2) is 52.5 Å². The SMILES string of the molecule is Br.C=CCN1C(c2ccccc2)=CS/C1=C(/C#N)c1nnc(N2CCOCC2)n1-c1ccccc1. The van der Waals surface area contributed by atoms with Crippen molar-refractivity contribution in [2.45, 2.75) is 0 Å². The van der Waals surface area contributed by atoms with Crippen LogP contribution in [0.1, 0.15) is 11.4 Å². The number of anilines is 1. The number of ether oxygens (including phenoxy) is 1. The van der Waals surface area contributed by atoms with Gasteiger partial charge in [0.25, 0.3) is 0 Å². The number of hydrogen-bond donors (Lipinski definition) is 0. The van der Waals surface area contributed by atoms with Crippen molar-refractivity contribution in [3.05, 3.63) is 95.1 Å². The number of rotatable bonds is 6. The summed E-state index contributed by atoms with van der Waals surface area (Å²) < 4.78 is 7.51. The highest BCUT2D eigenvalue weighted by atomic mass is 79.9. The Morgan fingerprint density at radius 1 is 1.06 bits per heavy atom. The van der Waals surface area contributed by atoms with Gasteiger partial charge in [-0.25, -0.2) is 0 Å². The number of halogens is 1. The Balaban J connectivity index is 0.00000289. The molecule has 0 unspecified atom stereocenters. The summed E-state index contributed by atoms with van der Waals surface area (Å²) in [6, 6.07) is 22.5. The van der Waals surface area contributed by atoms with Gasteiger partial charge in [0.05, 0.1) is 24.6 Å². The highest BCUT2D eigenvalue weighted by molar-refractivity contribution is 8.93. The summed E-state index contributed by atoms with van der Waals surface area (Å²) in [7, 11) is 0. The molecular formula is C26H25BrN6OS. The van der Waals surface area contributed by atoms with Crippen molar-refractivity contribution >= 4 is 46.0 Å². The van der Waals surface area contributed by atoms with Crippen LogP contribution in [0.5, 0.6) is 0 Å². The molecule has 1 saturated heterocycles. The molecule has 7 nitrogen and oxygen atoms in total. The lowest BCUT2D eigenvalue weighted by atomic mass is 10.1. The second kappa shape index (κ2) is 11.4. The third-order valence-corrected chi connectivity index (χ3v) is 6.69. The van der Waals surface area contributed by atoms with Crippen molar-refractivity contribution in [2.75, 3.05) is 37.7 Å². The highest BCUT2D eigenvalue weighted by Gasteiger charge is 2.30. The van der Waals surface area contributed by atoms with Crippen LogP contribution in [0.4, 0.5) is 5.95 Å². The Morgan fingerprint density at radius 2 is 1.74 bits per heavy atom. The molecule has 1 aromatic heterocycles. The lowest BCUT2D eigenvalue weighted by Crippen LogP contribution is -2.38. The van der Waals surface area contributed by atoms with Crippen LogP contribution in [-0.2, 0) is 4.74 Å². The number of para-hydroxylation sites is 1. The van der Waals surface area contributed by atoms with Crippen molar-refractivity contribution in [1.82, 2.24) is 19.7 Å². The van der Waals surface area contributed by atoms with Crippen LogP contribution in [0, 0.1) is 11.3 Å². The average molecular weight is 549 g/mol. The molecule has 1 fully saturated rings. The molecule has 3 heterocycles. The van der Waals surface area contributed by atoms with E-state index in [0.29, 0.717) is 37.1 Å². The van der Waals surface area contributed by atoms with E-state index in [1.165, 1.54) is 11.8 Å². The quantitative estimate of drug-likeness (QED) is 0.313. The van der Waals surface area contributed by atoms with E-state index in [4.69, 9.17) is 4.74 Å². The number of benzene rings is 2. The molecule has 2 aromatic carbocycles. The van der Waals surface area contributed by atoms with Gasteiger partial charge in [0.2, 0.25) is 5.95 Å². The van der Waals surface area contributed by atoms with E-state index in [-0.39, 0.29) is 17.0 Å². The second-order valence-electron chi connectivity index (χ2n) is 7.77. The maximum absolute atomic E-state index is 10.4. The fourth-order valence-corrected chi connectivity index (χ4v) is 5.14. The van der Waals surface area contributed by atoms with E-state index in [9.17, 15) is 5.26 Å². The average Bonchev–Trinajstić information content (AvgIpc) is 3.52. The van der Waals surface area contributed by atoms with E-state index in [1.54, 1.807) is 0 Å². The van der Waals surface area contributed by atoms with Gasteiger partial charge in [0, 0.05) is 25.0 Å². The van der Waals surface area contributed by atoms with Gasteiger partial charge < -0.3 is 14.5 Å². The van der Waals surface area contributed by atoms with Crippen LogP contribution in [0.3, 0.4) is 0 Å². The Morgan fingerprint density at radius 3 is 2.40 bits per heavy atom. The third-order valence-electron chi connectivity index (χ3n) is 5.70. The zero-order chi connectivity index (χ0) is 23.3. The van der Waals surface area contributed by atoms with Crippen LogP contribution >= 0.6 is 28.7 Å². The minimum Gasteiger partial charge on any atom is -0.378 e. The molecule has 9 heteroatoms. The third kappa shape index (κ3) is 4.91. The Bertz CT molecular complexity index is 1280. The minimum atomic E-state index is 0. The van der Waals surface area contributed by atoms with Gasteiger partial charge in [-0.1, -0.05) is 66.4 Å². The highest BCUT2D eigenvalue weighted by Crippen LogP contribution is 2.43. The number of thioether (sulfide) groups is 1. The van der Waals surface area contributed by atoms with Gasteiger partial charge in [-0.05, 0) is 17.7 Å². The maximum Gasteiger partial charge on any atom is 0.232 e. The van der Waals surface area contributed by atoms with Gasteiger partial charge in [0.15, 0.2) is 5.82 Å². The standard InChI is InChI=1S/C26H24N6OS.BrH/c1-2-13-31-23(20-9-5-3-6-10-20)19-34-25(31)22(18-27)24-28-29-26(30-14-16-33-17-15-30)32(24)21-11-7-4-8-12-21;/h2-12,19H,1,13-17H2;1H/b25-22-;. The van der Waals surface area contributed by atoms with Crippen LogP contribution in [0.15, 0.2) is 83.8 Å². The van der Waals surface area contributed by atoms with Crippen molar-refractivity contribution in [1.29, 1.82) is 5.26 Å². The molecule has 5 rings (SSSR count). The molecule has 35 heavy (non-hydrogen) atoms. The first-order valence-corrected chi connectivity index (χ1v) is 12.0. The van der Waals surface area contributed by atoms with E-state index >= 15 is 0 Å². The van der Waals surface area contributed by atoms with Crippen LogP contribution in [0.2, 0.25) is 0 Å². The molecule has 2 aliphatic heterocycles. The van der Waals surface area contributed by atoms with E-state index in [1.807, 2.05) is 59.2 Å². The first-order chi connectivity index (χ1) is 16.8. The van der Waals surface area contributed by atoms with Crippen molar-refractivity contribution in [3.8, 4) is 11.8 Å². The summed E-state index contributed by atoms with van der Waals surface area (Å²) in [4.78, 5) is 4.27. The van der Waals surface area contributed by atoms with Gasteiger partial charge in [-0.2, -0.15) is 5.26 Å². The topological polar surface area (TPSA) is 70.2 Å². The maximum atomic E-state index is 10.4. The summed E-state index contributed by atoms with van der Waals surface area (Å²) in [5.41, 5.74) is 3.51. The largest absolute Gasteiger partial charge is 0.378 e. The van der Waals surface area contributed by atoms with Crippen LogP contribution < -0.4 is 4.90 Å². The predicted octanol–water partition coefficient (Wildman–Crippen LogP) is 5.11. The number of aromatic nitrogens is 3. The fraction of sp³-hybridized carbons (Fsp3) is 0.192. The van der Waals surface area contributed by atoms with Gasteiger partial charge >= 0.3 is 0 Å². The van der Waals surface area contributed by atoms with Crippen molar-refractivity contribution < 1.29 is 4.74 Å². The molecular weight excluding hydrogens is 524 g/mol. The molecule has 0 atom stereocenters. The lowest BCUT2D eigenvalue weighted by molar-refractivity contribution is 0.122. The summed E-state index contributed by atoms with van der Waals surface area (Å²) in [6.07, 6.45) is 1.85. The van der Waals surface area contributed by atoms with E-state index in [2.05, 4.69) is 50.2 Å². The zero-order valence-electron chi connectivity index (χ0n) is 19.1. The van der Waals surface area contributed by atoms with Crippen LogP contribution in [0.25, 0.3) is 17.0 Å². The number of morpholine rings is 1. The Hall–Kier alpha value is -3.32. The fourth-order valence-electron chi connectivity index (χ4n) is 4.10. The molecule has 0 radical (unpaired) electrons. The molecule has 0 N–H and O–H groups in total. The smallest absolute Gasteiger partial charge is 0.232 e. The molecule has 0 spiro atoms. The summed E-state index contributed by atoms with van der Waals surface area (Å²) in [5.74, 6) is 1.24. The van der Waals surface area contributed by atoms with E-state index < -0.39 is 0 Å². The monoisotopic (exact) mass is 548 g/mol. The van der Waals surface area contributed by atoms with Crippen molar-refractivity contribution in [2.24, 2.45) is 0 Å². The van der Waals surface area contributed by atoms with Crippen molar-refractivity contribution in [3.63, 3.8) is 0 Å². The van der Waals surface area contributed by atoms with Gasteiger partial charge in [0.1, 0.15) is 16.7 Å². The predicted molar refractivity (Wildman–Crippen MR) is 146 cm³/mol. The van der Waals surface area contributed by atoms with Gasteiger partial charge in [-0.3, -0.25) is 4.57 Å². The molecule has 2 aliphatic rings. The Kier molecular flexibility index (Phi) is 8.08.